The largest absolute Gasteiger partial charge is 0.416 e. The van der Waals surface area contributed by atoms with Crippen molar-refractivity contribution in [2.24, 2.45) is 0 Å². The molecule has 0 unspecified atom stereocenters. The smallest absolute Gasteiger partial charge is 0.325 e. The summed E-state index contributed by atoms with van der Waals surface area (Å²) in [6.07, 6.45) is -4.49. The summed E-state index contributed by atoms with van der Waals surface area (Å²) in [7, 11) is -3.67. The molecule has 180 valence electrons. The predicted octanol–water partition coefficient (Wildman–Crippen LogP) is 2.47. The molecule has 1 heterocycles. The van der Waals surface area contributed by atoms with Crippen molar-refractivity contribution in [3.63, 3.8) is 0 Å². The summed E-state index contributed by atoms with van der Waals surface area (Å²) >= 11 is 0. The zero-order chi connectivity index (χ0) is 24.6. The van der Waals surface area contributed by atoms with E-state index < -0.39 is 27.7 Å². The standard InChI is InChI=1S/C23H28F3N3O3S/c1-15-12-16(2)18(4)22(17(15)3)33(31,32)29-10-8-28(9-11-29)14-21(30)27-20-7-5-6-19(13-20)23(24,25)26/h5-7,12-13H,8-11,14H2,1-4H3,(H,27,30)/p+1. The number of amides is 1. The molecule has 1 aliphatic rings. The summed E-state index contributed by atoms with van der Waals surface area (Å²) in [5, 5.41) is 2.50. The molecule has 1 saturated heterocycles. The number of hydrogen-bond acceptors (Lipinski definition) is 3. The van der Waals surface area contributed by atoms with Crippen molar-refractivity contribution in [3.8, 4) is 0 Å². The fraction of sp³-hybridized carbons (Fsp3) is 0.435. The number of hydrogen-bond donors (Lipinski definition) is 2. The highest BCUT2D eigenvalue weighted by Gasteiger charge is 2.34. The number of carbonyl (C=O) groups excluding carboxylic acids is 1. The maximum Gasteiger partial charge on any atom is 0.416 e. The molecule has 0 spiro atoms. The maximum atomic E-state index is 13.4. The van der Waals surface area contributed by atoms with E-state index in [9.17, 15) is 26.4 Å². The monoisotopic (exact) mass is 484 g/mol. The first kappa shape index (κ1) is 25.2. The number of carbonyl (C=O) groups is 1. The zero-order valence-corrected chi connectivity index (χ0v) is 20.0. The quantitative estimate of drug-likeness (QED) is 0.685. The van der Waals surface area contributed by atoms with E-state index in [1.54, 1.807) is 0 Å². The van der Waals surface area contributed by atoms with Crippen LogP contribution in [0.2, 0.25) is 0 Å². The van der Waals surface area contributed by atoms with E-state index in [-0.39, 0.29) is 25.3 Å². The molecule has 1 aliphatic heterocycles. The highest BCUT2D eigenvalue weighted by Crippen LogP contribution is 2.31. The lowest BCUT2D eigenvalue weighted by Crippen LogP contribution is -3.15. The van der Waals surface area contributed by atoms with Crippen molar-refractivity contribution in [3.05, 3.63) is 58.1 Å². The Labute approximate surface area is 192 Å². The third-order valence-corrected chi connectivity index (χ3v) is 8.38. The molecular formula is C23H29F3N3O3S+. The van der Waals surface area contributed by atoms with Gasteiger partial charge in [0.1, 0.15) is 0 Å². The minimum absolute atomic E-state index is 0.0474. The fourth-order valence-corrected chi connectivity index (χ4v) is 6.14. The lowest BCUT2D eigenvalue weighted by Gasteiger charge is -2.32. The van der Waals surface area contributed by atoms with Crippen LogP contribution in [0.1, 0.15) is 27.8 Å². The van der Waals surface area contributed by atoms with Gasteiger partial charge in [0.15, 0.2) is 6.54 Å². The van der Waals surface area contributed by atoms with Crippen LogP contribution < -0.4 is 10.2 Å². The first-order chi connectivity index (χ1) is 15.3. The zero-order valence-electron chi connectivity index (χ0n) is 19.1. The molecule has 2 aromatic rings. The maximum absolute atomic E-state index is 13.4. The Hall–Kier alpha value is -2.43. The Morgan fingerprint density at radius 1 is 1.03 bits per heavy atom. The van der Waals surface area contributed by atoms with Gasteiger partial charge in [-0.05, 0) is 68.1 Å². The van der Waals surface area contributed by atoms with Gasteiger partial charge in [-0.1, -0.05) is 12.1 Å². The van der Waals surface area contributed by atoms with E-state index in [2.05, 4.69) is 5.32 Å². The van der Waals surface area contributed by atoms with Crippen molar-refractivity contribution in [1.29, 1.82) is 0 Å². The number of alkyl halides is 3. The van der Waals surface area contributed by atoms with E-state index >= 15 is 0 Å². The predicted molar refractivity (Wildman–Crippen MR) is 120 cm³/mol. The van der Waals surface area contributed by atoms with Crippen molar-refractivity contribution in [1.82, 2.24) is 4.31 Å². The Balaban J connectivity index is 1.63. The second kappa shape index (κ2) is 9.44. The molecule has 0 atom stereocenters. The van der Waals surface area contributed by atoms with Crippen LogP contribution >= 0.6 is 0 Å². The highest BCUT2D eigenvalue weighted by molar-refractivity contribution is 7.89. The molecule has 2 N–H and O–H groups in total. The second-order valence-electron chi connectivity index (χ2n) is 8.55. The average molecular weight is 485 g/mol. The Morgan fingerprint density at radius 3 is 2.15 bits per heavy atom. The fourth-order valence-electron chi connectivity index (χ4n) is 4.12. The molecule has 33 heavy (non-hydrogen) atoms. The van der Waals surface area contributed by atoms with Gasteiger partial charge in [0.2, 0.25) is 10.0 Å². The highest BCUT2D eigenvalue weighted by atomic mass is 32.2. The normalized spacial score (nSPS) is 16.1. The number of piperazine rings is 1. The van der Waals surface area contributed by atoms with Crippen LogP contribution in [-0.2, 0) is 21.0 Å². The molecule has 0 radical (unpaired) electrons. The molecular weight excluding hydrogens is 455 g/mol. The SMILES string of the molecule is Cc1cc(C)c(C)c(S(=O)(=O)N2CC[NH+](CC(=O)Nc3cccc(C(F)(F)F)c3)CC2)c1C. The topological polar surface area (TPSA) is 70.9 Å². The summed E-state index contributed by atoms with van der Waals surface area (Å²) in [5.41, 5.74) is 2.58. The number of aryl methyl sites for hydroxylation is 2. The molecule has 2 aromatic carbocycles. The molecule has 0 bridgehead atoms. The van der Waals surface area contributed by atoms with E-state index in [4.69, 9.17) is 0 Å². The number of anilines is 1. The Kier molecular flexibility index (Phi) is 7.21. The van der Waals surface area contributed by atoms with E-state index in [0.717, 1.165) is 39.3 Å². The van der Waals surface area contributed by atoms with Gasteiger partial charge in [0.25, 0.3) is 5.91 Å². The molecule has 0 aromatic heterocycles. The van der Waals surface area contributed by atoms with Crippen molar-refractivity contribution in [2.45, 2.75) is 38.8 Å². The third-order valence-electron chi connectivity index (χ3n) is 6.21. The third kappa shape index (κ3) is 5.56. The number of sulfonamides is 1. The number of halogens is 3. The molecule has 0 saturated carbocycles. The van der Waals surface area contributed by atoms with Gasteiger partial charge in [-0.2, -0.15) is 17.5 Å². The number of rotatable bonds is 5. The van der Waals surface area contributed by atoms with Crippen LogP contribution in [0.3, 0.4) is 0 Å². The lowest BCUT2D eigenvalue weighted by molar-refractivity contribution is -0.895. The Morgan fingerprint density at radius 2 is 1.61 bits per heavy atom. The number of nitrogens with one attached hydrogen (secondary N) is 2. The number of quaternary nitrogens is 1. The van der Waals surface area contributed by atoms with Crippen LogP contribution in [0.4, 0.5) is 18.9 Å². The summed E-state index contributed by atoms with van der Waals surface area (Å²) in [4.78, 5) is 13.6. The first-order valence-electron chi connectivity index (χ1n) is 10.7. The second-order valence-corrected chi connectivity index (χ2v) is 10.4. The van der Waals surface area contributed by atoms with Crippen LogP contribution in [0.5, 0.6) is 0 Å². The average Bonchev–Trinajstić information content (AvgIpc) is 2.72. The minimum atomic E-state index is -4.49. The van der Waals surface area contributed by atoms with Crippen LogP contribution in [0.25, 0.3) is 0 Å². The summed E-state index contributed by atoms with van der Waals surface area (Å²) in [6.45, 7) is 8.85. The van der Waals surface area contributed by atoms with Crippen molar-refractivity contribution < 1.29 is 31.3 Å². The van der Waals surface area contributed by atoms with Crippen LogP contribution in [0, 0.1) is 27.7 Å². The van der Waals surface area contributed by atoms with E-state index in [0.29, 0.717) is 18.0 Å². The lowest BCUT2D eigenvalue weighted by atomic mass is 10.0. The van der Waals surface area contributed by atoms with Crippen LogP contribution in [-0.4, -0.2) is 51.4 Å². The first-order valence-corrected chi connectivity index (χ1v) is 12.1. The summed E-state index contributed by atoms with van der Waals surface area (Å²) in [5.74, 6) is -0.415. The molecule has 1 amide bonds. The van der Waals surface area contributed by atoms with Gasteiger partial charge >= 0.3 is 6.18 Å². The van der Waals surface area contributed by atoms with E-state index in [1.807, 2.05) is 33.8 Å². The van der Waals surface area contributed by atoms with Gasteiger partial charge in [-0.15, -0.1) is 0 Å². The molecule has 10 heteroatoms. The van der Waals surface area contributed by atoms with Gasteiger partial charge in [-0.3, -0.25) is 4.79 Å². The number of nitrogens with zero attached hydrogens (tertiary/aromatic N) is 1. The number of benzene rings is 2. The van der Waals surface area contributed by atoms with Gasteiger partial charge < -0.3 is 10.2 Å². The van der Waals surface area contributed by atoms with Crippen LogP contribution in [0.15, 0.2) is 35.2 Å². The molecule has 3 rings (SSSR count). The Bertz CT molecular complexity index is 1130. The van der Waals surface area contributed by atoms with Gasteiger partial charge in [0.05, 0.1) is 36.6 Å². The summed E-state index contributed by atoms with van der Waals surface area (Å²) in [6, 6.07) is 6.47. The van der Waals surface area contributed by atoms with Crippen molar-refractivity contribution in [2.75, 3.05) is 38.0 Å². The molecule has 6 nitrogen and oxygen atoms in total. The van der Waals surface area contributed by atoms with E-state index in [1.165, 1.54) is 16.4 Å². The molecule has 0 aliphatic carbocycles. The van der Waals surface area contributed by atoms with Gasteiger partial charge in [-0.25, -0.2) is 8.42 Å². The summed E-state index contributed by atoms with van der Waals surface area (Å²) < 4.78 is 66.7. The minimum Gasteiger partial charge on any atom is -0.325 e. The molecule has 1 fully saturated rings. The van der Waals surface area contributed by atoms with Gasteiger partial charge in [0, 0.05) is 5.69 Å². The van der Waals surface area contributed by atoms with Crippen molar-refractivity contribution >= 4 is 21.6 Å².